The summed E-state index contributed by atoms with van der Waals surface area (Å²) in [5, 5.41) is 13.7. The van der Waals surface area contributed by atoms with Crippen LogP contribution in [0.3, 0.4) is 0 Å². The largest absolute Gasteiger partial charge is 0.416 e. The molecule has 0 saturated heterocycles. The number of aromatic nitrogens is 1. The average Bonchev–Trinajstić information content (AvgIpc) is 3.73. The van der Waals surface area contributed by atoms with Crippen LogP contribution in [0, 0.1) is 11.8 Å². The fourth-order valence-electron chi connectivity index (χ4n) is 4.88. The Hall–Kier alpha value is -3.27. The molecule has 4 atom stereocenters. The Bertz CT molecular complexity index is 1180. The van der Waals surface area contributed by atoms with E-state index < -0.39 is 41.9 Å². The van der Waals surface area contributed by atoms with E-state index in [2.05, 4.69) is 15.3 Å². The first-order valence-electron chi connectivity index (χ1n) is 13.0. The van der Waals surface area contributed by atoms with Gasteiger partial charge in [-0.15, -0.1) is 0 Å². The van der Waals surface area contributed by atoms with E-state index in [1.54, 1.807) is 36.2 Å². The number of anilines is 1. The van der Waals surface area contributed by atoms with Gasteiger partial charge in [-0.05, 0) is 37.0 Å². The summed E-state index contributed by atoms with van der Waals surface area (Å²) in [4.78, 5) is 36.3. The lowest BCUT2D eigenvalue weighted by molar-refractivity contribution is -0.137. The van der Waals surface area contributed by atoms with Crippen molar-refractivity contribution >= 4 is 23.6 Å². The summed E-state index contributed by atoms with van der Waals surface area (Å²) < 4.78 is 40.5. The lowest BCUT2D eigenvalue weighted by atomic mass is 9.91. The number of alkyl halides is 3. The van der Waals surface area contributed by atoms with Crippen LogP contribution in [-0.2, 0) is 15.8 Å². The molecule has 1 aliphatic carbocycles. The van der Waals surface area contributed by atoms with Crippen molar-refractivity contribution in [1.29, 1.82) is 0 Å². The highest BCUT2D eigenvalue weighted by atomic mass is 19.4. The first kappa shape index (κ1) is 27.8. The normalized spacial score (nSPS) is 21.1. The van der Waals surface area contributed by atoms with E-state index in [1.165, 1.54) is 0 Å². The molecule has 38 heavy (non-hydrogen) atoms. The second-order valence-corrected chi connectivity index (χ2v) is 10.1. The Kier molecular flexibility index (Phi) is 8.50. The first-order valence-corrected chi connectivity index (χ1v) is 13.0. The minimum atomic E-state index is -4.58. The van der Waals surface area contributed by atoms with Gasteiger partial charge in [0.15, 0.2) is 0 Å². The number of para-hydroxylation sites is 1. The molecule has 2 aliphatic rings. The molecule has 2 N–H and O–H groups in total. The molecule has 10 heteroatoms. The summed E-state index contributed by atoms with van der Waals surface area (Å²) in [5.41, 5.74) is 0.290. The van der Waals surface area contributed by atoms with E-state index in [4.69, 9.17) is 0 Å². The van der Waals surface area contributed by atoms with Crippen LogP contribution in [0.5, 0.6) is 0 Å². The third kappa shape index (κ3) is 6.23. The molecular formula is C28H33F3N4O3. The van der Waals surface area contributed by atoms with Gasteiger partial charge in [0.1, 0.15) is 18.5 Å². The molecule has 2 aromatic rings. The molecule has 1 aliphatic heterocycles. The molecule has 1 fully saturated rings. The fraction of sp³-hybridized carbons (Fsp3) is 0.500. The van der Waals surface area contributed by atoms with E-state index in [9.17, 15) is 27.9 Å². The molecule has 1 amide bonds. The number of fused-ring (bicyclic) bond motifs is 1. The number of unbranched alkanes of at least 4 members (excludes halogenated alkanes) is 1. The summed E-state index contributed by atoms with van der Waals surface area (Å²) in [6.45, 7) is 2.01. The SMILES string of the molecule is CCCCC(O)C(CC1CC1)C(=O)NC1N=C(c2cc(C(F)(F)F)ccn2)c2ccccc2N(C)C1C=O. The number of hydrogen-bond donors (Lipinski definition) is 2. The van der Waals surface area contributed by atoms with Gasteiger partial charge < -0.3 is 20.1 Å². The number of rotatable bonds is 10. The highest BCUT2D eigenvalue weighted by Gasteiger charge is 2.38. The van der Waals surface area contributed by atoms with Crippen molar-refractivity contribution in [2.45, 2.75) is 69.9 Å². The number of aliphatic hydroxyl groups is 1. The third-order valence-corrected chi connectivity index (χ3v) is 7.28. The zero-order chi connectivity index (χ0) is 27.4. The number of benzodiazepines with no additional fused rings is 1. The topological polar surface area (TPSA) is 94.9 Å². The Morgan fingerprint density at radius 1 is 1.26 bits per heavy atom. The predicted octanol–water partition coefficient (Wildman–Crippen LogP) is 4.36. The van der Waals surface area contributed by atoms with Crippen molar-refractivity contribution in [3.8, 4) is 0 Å². The number of hydrogen-bond acceptors (Lipinski definition) is 6. The number of aldehydes is 1. The van der Waals surface area contributed by atoms with Crippen molar-refractivity contribution in [3.05, 3.63) is 59.4 Å². The summed E-state index contributed by atoms with van der Waals surface area (Å²) in [7, 11) is 1.67. The molecule has 1 aromatic heterocycles. The van der Waals surface area contributed by atoms with Crippen LogP contribution >= 0.6 is 0 Å². The molecule has 1 saturated carbocycles. The van der Waals surface area contributed by atoms with Crippen LogP contribution in [0.4, 0.5) is 18.9 Å². The summed E-state index contributed by atoms with van der Waals surface area (Å²) in [6.07, 6.45) is -0.100. The standard InChI is InChI=1S/C28H33F3N4O3/c1-3-4-9-24(37)20(14-17-10-11-17)27(38)34-26-23(16-36)35(2)22-8-6-5-7-19(22)25(33-26)21-15-18(12-13-32-21)28(29,30)31/h5-8,12-13,15-17,20,23-24,26,37H,3-4,9-11,14H2,1-2H3,(H,34,38). The van der Waals surface area contributed by atoms with Gasteiger partial charge in [0.25, 0.3) is 0 Å². The molecule has 2 heterocycles. The summed E-state index contributed by atoms with van der Waals surface area (Å²) in [6, 6.07) is 7.78. The lowest BCUT2D eigenvalue weighted by Crippen LogP contribution is -2.52. The Balaban J connectivity index is 1.74. The number of halogens is 3. The molecule has 7 nitrogen and oxygen atoms in total. The number of aliphatic imine (C=N–C) groups is 1. The monoisotopic (exact) mass is 530 g/mol. The molecular weight excluding hydrogens is 497 g/mol. The van der Waals surface area contributed by atoms with Crippen molar-refractivity contribution < 1.29 is 27.9 Å². The van der Waals surface area contributed by atoms with Crippen LogP contribution < -0.4 is 10.2 Å². The number of likely N-dealkylation sites (N-methyl/N-ethyl adjacent to an activating group) is 1. The number of benzene rings is 1. The third-order valence-electron chi connectivity index (χ3n) is 7.28. The highest BCUT2D eigenvalue weighted by molar-refractivity contribution is 6.15. The number of pyridine rings is 1. The van der Waals surface area contributed by atoms with Crippen LogP contribution in [-0.4, -0.2) is 53.4 Å². The van der Waals surface area contributed by atoms with Gasteiger partial charge in [0.05, 0.1) is 29.0 Å². The number of nitrogens with one attached hydrogen (secondary N) is 1. The molecule has 204 valence electrons. The van der Waals surface area contributed by atoms with Crippen molar-refractivity contribution in [1.82, 2.24) is 10.3 Å². The van der Waals surface area contributed by atoms with E-state index >= 15 is 0 Å². The molecule has 4 rings (SSSR count). The minimum Gasteiger partial charge on any atom is -0.392 e. The van der Waals surface area contributed by atoms with Gasteiger partial charge in [-0.1, -0.05) is 50.8 Å². The molecule has 4 unspecified atom stereocenters. The maximum absolute atomic E-state index is 13.5. The number of amides is 1. The van der Waals surface area contributed by atoms with Gasteiger partial charge in [0.2, 0.25) is 5.91 Å². The smallest absolute Gasteiger partial charge is 0.392 e. The van der Waals surface area contributed by atoms with Crippen LogP contribution in [0.1, 0.15) is 62.3 Å². The molecule has 0 bridgehead atoms. The number of carbonyl (C=O) groups excluding carboxylic acids is 2. The van der Waals surface area contributed by atoms with Gasteiger partial charge in [0, 0.05) is 24.5 Å². The molecule has 0 radical (unpaired) electrons. The average molecular weight is 531 g/mol. The summed E-state index contributed by atoms with van der Waals surface area (Å²) >= 11 is 0. The lowest BCUT2D eigenvalue weighted by Gasteiger charge is -2.31. The van der Waals surface area contributed by atoms with Gasteiger partial charge in [-0.2, -0.15) is 13.2 Å². The van der Waals surface area contributed by atoms with Crippen molar-refractivity contribution in [3.63, 3.8) is 0 Å². The Morgan fingerprint density at radius 3 is 2.66 bits per heavy atom. The van der Waals surface area contributed by atoms with Gasteiger partial charge in [-0.25, -0.2) is 0 Å². The Labute approximate surface area is 220 Å². The van der Waals surface area contributed by atoms with E-state index in [-0.39, 0.29) is 11.4 Å². The molecule has 0 spiro atoms. The maximum Gasteiger partial charge on any atom is 0.416 e. The zero-order valence-electron chi connectivity index (χ0n) is 21.5. The maximum atomic E-state index is 13.5. The van der Waals surface area contributed by atoms with E-state index in [1.807, 2.05) is 6.92 Å². The van der Waals surface area contributed by atoms with Crippen molar-refractivity contribution in [2.24, 2.45) is 16.8 Å². The number of aliphatic hydroxyl groups excluding tert-OH is 1. The van der Waals surface area contributed by atoms with Gasteiger partial charge >= 0.3 is 6.18 Å². The van der Waals surface area contributed by atoms with Crippen LogP contribution in [0.2, 0.25) is 0 Å². The highest BCUT2D eigenvalue weighted by Crippen LogP contribution is 2.37. The Morgan fingerprint density at radius 2 is 2.00 bits per heavy atom. The minimum absolute atomic E-state index is 0.0241. The van der Waals surface area contributed by atoms with E-state index in [0.29, 0.717) is 36.3 Å². The number of carbonyl (C=O) groups is 2. The molecule has 1 aromatic carbocycles. The van der Waals surface area contributed by atoms with Crippen molar-refractivity contribution in [2.75, 3.05) is 11.9 Å². The second kappa shape index (κ2) is 11.6. The van der Waals surface area contributed by atoms with Crippen LogP contribution in [0.25, 0.3) is 0 Å². The zero-order valence-corrected chi connectivity index (χ0v) is 21.5. The predicted molar refractivity (Wildman–Crippen MR) is 138 cm³/mol. The summed E-state index contributed by atoms with van der Waals surface area (Å²) in [5.74, 6) is -0.710. The van der Waals surface area contributed by atoms with E-state index in [0.717, 1.165) is 44.0 Å². The number of nitrogens with zero attached hydrogens (tertiary/aromatic N) is 3. The van der Waals surface area contributed by atoms with Gasteiger partial charge in [-0.3, -0.25) is 14.8 Å². The first-order chi connectivity index (χ1) is 18.1. The second-order valence-electron chi connectivity index (χ2n) is 10.1. The quantitative estimate of drug-likeness (QED) is 0.445. The van der Waals surface area contributed by atoms with Crippen LogP contribution in [0.15, 0.2) is 47.6 Å². The fourth-order valence-corrected chi connectivity index (χ4v) is 4.88.